The Balaban J connectivity index is 1.32. The number of aromatic nitrogens is 2. The maximum Gasteiger partial charge on any atom is 0.268 e. The standard InChI is InChI=1S/C39H32Cl2N2O10S2/c1-4-17-50-34-20-31(36-28(40)15-16-42(36)54(46,47)26-11-7-23(2)8-12-26)52-39(34)30(45)19-25-22-43(55(48,49)27-13-9-24(3)10-14-27)37(35(25)41)32-21-33-38(53-32)29(44)6-5-18-51-33/h4,7-16,20-22H,1,5-6,17-19H2,2-3H3. The van der Waals surface area contributed by atoms with Crippen molar-refractivity contribution < 1.29 is 44.7 Å². The van der Waals surface area contributed by atoms with Gasteiger partial charge in [0.1, 0.15) is 18.0 Å². The molecule has 0 fully saturated rings. The number of halogens is 2. The molecule has 1 aliphatic rings. The van der Waals surface area contributed by atoms with Crippen LogP contribution >= 0.6 is 23.2 Å². The van der Waals surface area contributed by atoms with E-state index in [0.29, 0.717) is 6.42 Å². The summed E-state index contributed by atoms with van der Waals surface area (Å²) in [5.74, 6) is -1.47. The number of nitrogens with zero attached hydrogens (tertiary/aromatic N) is 2. The number of ketones is 2. The van der Waals surface area contributed by atoms with Crippen LogP contribution in [0.5, 0.6) is 11.5 Å². The quantitative estimate of drug-likeness (QED) is 0.0865. The number of Topliss-reactive ketones (excluding diaryl/α,β-unsaturated/α-hetero) is 2. The Morgan fingerprint density at radius 3 is 2.13 bits per heavy atom. The van der Waals surface area contributed by atoms with E-state index in [-0.39, 0.29) is 96.7 Å². The second-order valence-corrected chi connectivity index (χ2v) is 17.2. The zero-order valence-corrected chi connectivity index (χ0v) is 32.5. The number of aryl methyl sites for hydroxylation is 2. The molecule has 0 unspecified atom stereocenters. The van der Waals surface area contributed by atoms with Gasteiger partial charge >= 0.3 is 0 Å². The molecule has 0 saturated heterocycles. The molecular weight excluding hydrogens is 791 g/mol. The maximum absolute atomic E-state index is 14.2. The molecule has 0 spiro atoms. The van der Waals surface area contributed by atoms with E-state index in [1.54, 1.807) is 24.3 Å². The second-order valence-electron chi connectivity index (χ2n) is 12.7. The number of ether oxygens (including phenoxy) is 2. The van der Waals surface area contributed by atoms with Gasteiger partial charge in [0.2, 0.25) is 23.1 Å². The third-order valence-electron chi connectivity index (χ3n) is 8.82. The van der Waals surface area contributed by atoms with Crippen LogP contribution in [0.1, 0.15) is 50.6 Å². The summed E-state index contributed by atoms with van der Waals surface area (Å²) in [6, 6.07) is 16.5. The van der Waals surface area contributed by atoms with Gasteiger partial charge in [0, 0.05) is 37.4 Å². The zero-order chi connectivity index (χ0) is 39.2. The number of carbonyl (C=O) groups is 2. The molecule has 6 aromatic rings. The van der Waals surface area contributed by atoms with Gasteiger partial charge in [-0.25, -0.2) is 24.8 Å². The first-order valence-electron chi connectivity index (χ1n) is 16.8. The van der Waals surface area contributed by atoms with Crippen LogP contribution in [0.3, 0.4) is 0 Å². The molecule has 0 saturated carbocycles. The number of furan rings is 2. The monoisotopic (exact) mass is 822 g/mol. The highest BCUT2D eigenvalue weighted by atomic mass is 35.5. The Hall–Kier alpha value is -5.28. The first-order valence-corrected chi connectivity index (χ1v) is 20.5. The summed E-state index contributed by atoms with van der Waals surface area (Å²) in [6.07, 6.45) is 4.06. The topological polar surface area (TPSA) is 157 Å². The van der Waals surface area contributed by atoms with E-state index < -0.39 is 32.3 Å². The average Bonchev–Trinajstić information content (AvgIpc) is 3.92. The minimum atomic E-state index is -4.35. The van der Waals surface area contributed by atoms with E-state index in [1.165, 1.54) is 60.9 Å². The Morgan fingerprint density at radius 2 is 1.49 bits per heavy atom. The molecule has 1 aliphatic heterocycles. The number of rotatable bonds is 12. The van der Waals surface area contributed by atoms with E-state index in [0.717, 1.165) is 19.1 Å². The van der Waals surface area contributed by atoms with Gasteiger partial charge in [-0.15, -0.1) is 0 Å². The van der Waals surface area contributed by atoms with Gasteiger partial charge in [-0.05, 0) is 56.2 Å². The van der Waals surface area contributed by atoms with Gasteiger partial charge in [-0.3, -0.25) is 9.59 Å². The SMILES string of the molecule is C=CCOc1cc(-c2c(Cl)ccn2S(=O)(=O)c2ccc(C)cc2)oc1C(=O)Cc1cn(S(=O)(=O)c2ccc(C)cc2)c(-c2cc3c(o2)C(=O)CCCO3)c1Cl. The van der Waals surface area contributed by atoms with E-state index in [2.05, 4.69) is 6.58 Å². The fourth-order valence-corrected chi connectivity index (χ4v) is 9.41. The summed E-state index contributed by atoms with van der Waals surface area (Å²) in [6.45, 7) is 7.50. The molecule has 284 valence electrons. The zero-order valence-electron chi connectivity index (χ0n) is 29.4. The predicted molar refractivity (Wildman–Crippen MR) is 205 cm³/mol. The number of hydrogen-bond acceptors (Lipinski definition) is 10. The van der Waals surface area contributed by atoms with Crippen LogP contribution in [-0.2, 0) is 26.5 Å². The van der Waals surface area contributed by atoms with Crippen molar-refractivity contribution >= 4 is 54.8 Å². The average molecular weight is 824 g/mol. The van der Waals surface area contributed by atoms with Gasteiger partial charge in [0.15, 0.2) is 23.0 Å². The Morgan fingerprint density at radius 1 is 0.873 bits per heavy atom. The largest absolute Gasteiger partial charge is 0.489 e. The van der Waals surface area contributed by atoms with Crippen LogP contribution in [0.2, 0.25) is 10.0 Å². The molecule has 5 heterocycles. The number of benzene rings is 2. The third-order valence-corrected chi connectivity index (χ3v) is 12.9. The Bertz CT molecular complexity index is 2700. The van der Waals surface area contributed by atoms with Crippen molar-refractivity contribution in [3.8, 4) is 34.4 Å². The lowest BCUT2D eigenvalue weighted by atomic mass is 10.1. The van der Waals surface area contributed by atoms with Crippen molar-refractivity contribution in [3.05, 3.63) is 130 Å². The highest BCUT2D eigenvalue weighted by molar-refractivity contribution is 7.90. The van der Waals surface area contributed by atoms with Crippen LogP contribution in [0, 0.1) is 13.8 Å². The molecular formula is C39H32Cl2N2O10S2. The Kier molecular flexibility index (Phi) is 10.2. The molecule has 7 rings (SSSR count). The summed E-state index contributed by atoms with van der Waals surface area (Å²) in [5.41, 5.74) is 1.56. The number of fused-ring (bicyclic) bond motifs is 1. The van der Waals surface area contributed by atoms with Crippen molar-refractivity contribution in [2.45, 2.75) is 42.9 Å². The molecule has 2 aromatic carbocycles. The summed E-state index contributed by atoms with van der Waals surface area (Å²) < 4.78 is 81.1. The van der Waals surface area contributed by atoms with Crippen molar-refractivity contribution in [3.63, 3.8) is 0 Å². The van der Waals surface area contributed by atoms with Gasteiger partial charge in [0.05, 0.1) is 26.4 Å². The molecule has 12 nitrogen and oxygen atoms in total. The van der Waals surface area contributed by atoms with Gasteiger partial charge in [0.25, 0.3) is 20.0 Å². The molecule has 0 radical (unpaired) electrons. The molecule has 4 aromatic heterocycles. The molecule has 0 bridgehead atoms. The van der Waals surface area contributed by atoms with Crippen LogP contribution in [0.15, 0.2) is 110 Å². The van der Waals surface area contributed by atoms with Crippen LogP contribution in [-0.4, -0.2) is 49.6 Å². The van der Waals surface area contributed by atoms with Crippen LogP contribution in [0.4, 0.5) is 0 Å². The van der Waals surface area contributed by atoms with E-state index in [9.17, 15) is 26.4 Å². The predicted octanol–water partition coefficient (Wildman–Crippen LogP) is 8.55. The summed E-state index contributed by atoms with van der Waals surface area (Å²) in [5, 5.41) is -0.133. The number of carbonyl (C=O) groups excluding carboxylic acids is 2. The van der Waals surface area contributed by atoms with Gasteiger partial charge < -0.3 is 18.3 Å². The van der Waals surface area contributed by atoms with Crippen molar-refractivity contribution in [2.24, 2.45) is 0 Å². The van der Waals surface area contributed by atoms with E-state index >= 15 is 0 Å². The van der Waals surface area contributed by atoms with Crippen molar-refractivity contribution in [1.82, 2.24) is 7.94 Å². The van der Waals surface area contributed by atoms with Gasteiger partial charge in [-0.1, -0.05) is 71.2 Å². The molecule has 0 aliphatic carbocycles. The lowest BCUT2D eigenvalue weighted by molar-refractivity contribution is 0.0952. The fraction of sp³-hybridized carbons (Fsp3) is 0.179. The third kappa shape index (κ3) is 7.06. The maximum atomic E-state index is 14.2. The van der Waals surface area contributed by atoms with Crippen molar-refractivity contribution in [1.29, 1.82) is 0 Å². The first kappa shape index (κ1) is 38.0. The minimum absolute atomic E-state index is 0.00274. The van der Waals surface area contributed by atoms with E-state index in [1.807, 2.05) is 13.8 Å². The highest BCUT2D eigenvalue weighted by Crippen LogP contribution is 2.42. The lowest BCUT2D eigenvalue weighted by Gasteiger charge is -2.10. The minimum Gasteiger partial charge on any atom is -0.489 e. The molecule has 0 N–H and O–H groups in total. The molecule has 16 heteroatoms. The van der Waals surface area contributed by atoms with Gasteiger partial charge in [-0.2, -0.15) is 0 Å². The van der Waals surface area contributed by atoms with E-state index in [4.69, 9.17) is 41.5 Å². The highest BCUT2D eigenvalue weighted by Gasteiger charge is 2.33. The second kappa shape index (κ2) is 14.8. The smallest absolute Gasteiger partial charge is 0.268 e. The Labute approximate surface area is 326 Å². The number of hydrogen-bond donors (Lipinski definition) is 0. The fourth-order valence-electron chi connectivity index (χ4n) is 6.02. The van der Waals surface area contributed by atoms with Crippen LogP contribution in [0.25, 0.3) is 22.9 Å². The summed E-state index contributed by atoms with van der Waals surface area (Å²) >= 11 is 13.5. The summed E-state index contributed by atoms with van der Waals surface area (Å²) in [7, 11) is -8.52. The normalized spacial score (nSPS) is 13.3. The van der Waals surface area contributed by atoms with Crippen molar-refractivity contribution in [2.75, 3.05) is 13.2 Å². The first-order chi connectivity index (χ1) is 26.2. The molecule has 0 atom stereocenters. The summed E-state index contributed by atoms with van der Waals surface area (Å²) in [4.78, 5) is 26.9. The molecule has 0 amide bonds. The molecule has 55 heavy (non-hydrogen) atoms. The van der Waals surface area contributed by atoms with Crippen LogP contribution < -0.4 is 9.47 Å². The lowest BCUT2D eigenvalue weighted by Crippen LogP contribution is -2.13.